The van der Waals surface area contributed by atoms with Gasteiger partial charge in [-0.15, -0.1) is 0 Å². The number of carbonyl (C=O) groups is 1. The number of amides is 1. The first-order chi connectivity index (χ1) is 10.2. The highest BCUT2D eigenvalue weighted by atomic mass is 16.2. The lowest BCUT2D eigenvalue weighted by Gasteiger charge is -2.26. The van der Waals surface area contributed by atoms with Crippen molar-refractivity contribution in [3.8, 4) is 0 Å². The molecule has 2 aromatic heterocycles. The second-order valence-corrected chi connectivity index (χ2v) is 5.69. The highest BCUT2D eigenvalue weighted by Crippen LogP contribution is 2.18. The molecule has 0 aliphatic carbocycles. The van der Waals surface area contributed by atoms with Crippen LogP contribution in [0.2, 0.25) is 0 Å². The molecule has 114 valence electrons. The number of aromatic nitrogens is 4. The molecule has 0 bridgehead atoms. The van der Waals surface area contributed by atoms with Crippen LogP contribution in [0.25, 0.3) is 11.0 Å². The van der Waals surface area contributed by atoms with Crippen LogP contribution >= 0.6 is 0 Å². The molecule has 0 spiro atoms. The summed E-state index contributed by atoms with van der Waals surface area (Å²) in [5, 5.41) is 8.93. The third kappa shape index (κ3) is 2.66. The lowest BCUT2D eigenvalue weighted by Crippen LogP contribution is -2.36. The predicted octanol–water partition coefficient (Wildman–Crippen LogP) is 1.96. The van der Waals surface area contributed by atoms with Crippen molar-refractivity contribution in [3.05, 3.63) is 11.9 Å². The van der Waals surface area contributed by atoms with E-state index in [1.165, 1.54) is 6.42 Å². The second kappa shape index (κ2) is 5.87. The molecule has 6 heteroatoms. The van der Waals surface area contributed by atoms with Crippen LogP contribution in [-0.2, 0) is 17.9 Å². The topological polar surface area (TPSA) is 56.0 Å². The smallest absolute Gasteiger partial charge is 0.224 e. The first-order valence-corrected chi connectivity index (χ1v) is 7.87. The Labute approximate surface area is 124 Å². The highest BCUT2D eigenvalue weighted by Gasteiger charge is 2.18. The SMILES string of the molecule is CCn1nc(C)c2c1cnn2CCC(=O)N1CCCCC1. The number of hydrogen-bond donors (Lipinski definition) is 0. The minimum Gasteiger partial charge on any atom is -0.343 e. The van der Waals surface area contributed by atoms with E-state index in [1.54, 1.807) is 0 Å². The van der Waals surface area contributed by atoms with Gasteiger partial charge in [0.15, 0.2) is 0 Å². The predicted molar refractivity (Wildman–Crippen MR) is 81.0 cm³/mol. The van der Waals surface area contributed by atoms with Crippen LogP contribution < -0.4 is 0 Å². The third-order valence-electron chi connectivity index (χ3n) is 4.26. The van der Waals surface area contributed by atoms with Crippen LogP contribution in [0.5, 0.6) is 0 Å². The van der Waals surface area contributed by atoms with Crippen molar-refractivity contribution in [3.63, 3.8) is 0 Å². The Kier molecular flexibility index (Phi) is 3.94. The maximum Gasteiger partial charge on any atom is 0.224 e. The number of hydrogen-bond acceptors (Lipinski definition) is 3. The van der Waals surface area contributed by atoms with Gasteiger partial charge in [-0.3, -0.25) is 14.2 Å². The summed E-state index contributed by atoms with van der Waals surface area (Å²) in [5.74, 6) is 0.249. The Morgan fingerprint density at radius 1 is 1.24 bits per heavy atom. The van der Waals surface area contributed by atoms with E-state index in [2.05, 4.69) is 17.1 Å². The molecule has 2 aromatic rings. The fraction of sp³-hybridized carbons (Fsp3) is 0.667. The van der Waals surface area contributed by atoms with Crippen molar-refractivity contribution in [2.24, 2.45) is 0 Å². The first-order valence-electron chi connectivity index (χ1n) is 7.87. The summed E-state index contributed by atoms with van der Waals surface area (Å²) in [4.78, 5) is 14.2. The fourth-order valence-corrected chi connectivity index (χ4v) is 3.13. The fourth-order valence-electron chi connectivity index (χ4n) is 3.13. The largest absolute Gasteiger partial charge is 0.343 e. The van der Waals surface area contributed by atoms with Crippen molar-refractivity contribution in [2.75, 3.05) is 13.1 Å². The summed E-state index contributed by atoms with van der Waals surface area (Å²) < 4.78 is 3.88. The quantitative estimate of drug-likeness (QED) is 0.864. The Balaban J connectivity index is 1.70. The number of nitrogens with zero attached hydrogens (tertiary/aromatic N) is 5. The lowest BCUT2D eigenvalue weighted by molar-refractivity contribution is -0.132. The van der Waals surface area contributed by atoms with Gasteiger partial charge in [-0.25, -0.2) is 0 Å². The molecule has 1 saturated heterocycles. The Bertz CT molecular complexity index is 636. The van der Waals surface area contributed by atoms with E-state index in [0.717, 1.165) is 49.2 Å². The van der Waals surface area contributed by atoms with Gasteiger partial charge in [-0.2, -0.15) is 10.2 Å². The highest BCUT2D eigenvalue weighted by molar-refractivity contribution is 5.79. The van der Waals surface area contributed by atoms with E-state index in [-0.39, 0.29) is 5.91 Å². The maximum absolute atomic E-state index is 12.2. The zero-order valence-corrected chi connectivity index (χ0v) is 12.9. The van der Waals surface area contributed by atoms with E-state index in [0.29, 0.717) is 13.0 Å². The van der Waals surface area contributed by atoms with Gasteiger partial charge in [-0.05, 0) is 33.1 Å². The molecule has 0 aromatic carbocycles. The van der Waals surface area contributed by atoms with Crippen LogP contribution in [0.15, 0.2) is 6.20 Å². The molecule has 1 fully saturated rings. The number of likely N-dealkylation sites (tertiary alicyclic amines) is 1. The summed E-state index contributed by atoms with van der Waals surface area (Å²) in [7, 11) is 0. The van der Waals surface area contributed by atoms with Crippen molar-refractivity contribution >= 4 is 16.9 Å². The monoisotopic (exact) mass is 289 g/mol. The molecule has 6 nitrogen and oxygen atoms in total. The number of carbonyl (C=O) groups excluding carboxylic acids is 1. The standard InChI is InChI=1S/C15H23N5O/c1-3-19-13-11-16-20(15(13)12(2)17-19)10-7-14(21)18-8-5-4-6-9-18/h11H,3-10H2,1-2H3. The van der Waals surface area contributed by atoms with E-state index in [4.69, 9.17) is 0 Å². The molecule has 1 aliphatic rings. The van der Waals surface area contributed by atoms with Gasteiger partial charge >= 0.3 is 0 Å². The van der Waals surface area contributed by atoms with Gasteiger partial charge in [0.05, 0.1) is 18.4 Å². The molecule has 0 saturated carbocycles. The van der Waals surface area contributed by atoms with Gasteiger partial charge in [0.25, 0.3) is 0 Å². The molecule has 3 heterocycles. The number of rotatable bonds is 4. The second-order valence-electron chi connectivity index (χ2n) is 5.69. The van der Waals surface area contributed by atoms with Gasteiger partial charge in [0.2, 0.25) is 5.91 Å². The maximum atomic E-state index is 12.2. The normalized spacial score (nSPS) is 15.8. The van der Waals surface area contributed by atoms with Crippen LogP contribution in [-0.4, -0.2) is 43.5 Å². The van der Waals surface area contributed by atoms with E-state index in [9.17, 15) is 4.79 Å². The van der Waals surface area contributed by atoms with Crippen LogP contribution in [0, 0.1) is 6.92 Å². The van der Waals surface area contributed by atoms with E-state index >= 15 is 0 Å². The van der Waals surface area contributed by atoms with Crippen LogP contribution in [0.3, 0.4) is 0 Å². The zero-order valence-electron chi connectivity index (χ0n) is 12.9. The molecular formula is C15H23N5O. The molecule has 1 amide bonds. The van der Waals surface area contributed by atoms with Gasteiger partial charge in [0.1, 0.15) is 11.0 Å². The van der Waals surface area contributed by atoms with Crippen LogP contribution in [0.1, 0.15) is 38.3 Å². The molecule has 0 radical (unpaired) electrons. The summed E-state index contributed by atoms with van der Waals surface area (Å²) in [6.07, 6.45) is 5.90. The minimum absolute atomic E-state index is 0.249. The summed E-state index contributed by atoms with van der Waals surface area (Å²) >= 11 is 0. The summed E-state index contributed by atoms with van der Waals surface area (Å²) in [6.45, 7) is 7.38. The zero-order chi connectivity index (χ0) is 14.8. The molecule has 0 N–H and O–H groups in total. The average molecular weight is 289 g/mol. The Morgan fingerprint density at radius 3 is 2.71 bits per heavy atom. The van der Waals surface area contributed by atoms with Crippen molar-refractivity contribution < 1.29 is 4.79 Å². The molecule has 3 rings (SSSR count). The van der Waals surface area contributed by atoms with E-state index < -0.39 is 0 Å². The van der Waals surface area contributed by atoms with Gasteiger partial charge in [-0.1, -0.05) is 0 Å². The van der Waals surface area contributed by atoms with E-state index in [1.807, 2.05) is 27.4 Å². The molecule has 0 unspecified atom stereocenters. The average Bonchev–Trinajstić information content (AvgIpc) is 3.07. The summed E-state index contributed by atoms with van der Waals surface area (Å²) in [5.41, 5.74) is 3.10. The van der Waals surface area contributed by atoms with Crippen molar-refractivity contribution in [2.45, 2.75) is 52.6 Å². The molecule has 0 atom stereocenters. The van der Waals surface area contributed by atoms with Crippen molar-refractivity contribution in [1.29, 1.82) is 0 Å². The Morgan fingerprint density at radius 2 is 2.00 bits per heavy atom. The first kappa shape index (κ1) is 14.1. The minimum atomic E-state index is 0.249. The van der Waals surface area contributed by atoms with Crippen molar-refractivity contribution in [1.82, 2.24) is 24.5 Å². The van der Waals surface area contributed by atoms with Gasteiger partial charge < -0.3 is 4.90 Å². The Hall–Kier alpha value is -1.85. The number of aryl methyl sites for hydroxylation is 3. The lowest BCUT2D eigenvalue weighted by atomic mass is 10.1. The molecule has 1 aliphatic heterocycles. The summed E-state index contributed by atoms with van der Waals surface area (Å²) in [6, 6.07) is 0. The third-order valence-corrected chi connectivity index (χ3v) is 4.26. The number of piperidine rings is 1. The number of fused-ring (bicyclic) bond motifs is 1. The molecule has 21 heavy (non-hydrogen) atoms. The molecular weight excluding hydrogens is 266 g/mol. The van der Waals surface area contributed by atoms with Crippen LogP contribution in [0.4, 0.5) is 0 Å². The van der Waals surface area contributed by atoms with Gasteiger partial charge in [0, 0.05) is 26.1 Å².